The monoisotopic (exact) mass is 309 g/mol. The molecule has 1 N–H and O–H groups in total. The van der Waals surface area contributed by atoms with Crippen molar-refractivity contribution in [3.05, 3.63) is 18.0 Å². The molecule has 2 heterocycles. The molecule has 1 unspecified atom stereocenters. The maximum Gasteiger partial charge on any atom is 0.341 e. The highest BCUT2D eigenvalue weighted by atomic mass is 16.5. The maximum atomic E-state index is 11.7. The summed E-state index contributed by atoms with van der Waals surface area (Å²) in [5, 5.41) is 10.3. The van der Waals surface area contributed by atoms with Gasteiger partial charge in [0, 0.05) is 18.9 Å². The third-order valence-electron chi connectivity index (χ3n) is 3.47. The first-order chi connectivity index (χ1) is 10.5. The molecule has 1 aromatic rings. The SMILES string of the molecule is CCOC(=O)c1cnc(N2CCCC(O)(C(=O)OC)C2)nc1. The molecule has 22 heavy (non-hydrogen) atoms. The number of piperidine rings is 1. The Morgan fingerprint density at radius 3 is 2.68 bits per heavy atom. The number of methoxy groups -OCH3 is 1. The number of hydrogen-bond donors (Lipinski definition) is 1. The molecule has 0 aliphatic carbocycles. The van der Waals surface area contributed by atoms with Crippen LogP contribution in [0.2, 0.25) is 0 Å². The van der Waals surface area contributed by atoms with E-state index in [1.165, 1.54) is 19.5 Å². The van der Waals surface area contributed by atoms with Crippen molar-refractivity contribution in [1.29, 1.82) is 0 Å². The number of aromatic nitrogens is 2. The number of nitrogens with zero attached hydrogens (tertiary/aromatic N) is 3. The van der Waals surface area contributed by atoms with Crippen LogP contribution in [-0.4, -0.2) is 59.4 Å². The fourth-order valence-electron chi connectivity index (χ4n) is 2.37. The third kappa shape index (κ3) is 3.33. The van der Waals surface area contributed by atoms with E-state index in [2.05, 4.69) is 14.7 Å². The van der Waals surface area contributed by atoms with E-state index >= 15 is 0 Å². The highest BCUT2D eigenvalue weighted by molar-refractivity contribution is 5.88. The number of hydrogen-bond acceptors (Lipinski definition) is 8. The van der Waals surface area contributed by atoms with Gasteiger partial charge in [-0.1, -0.05) is 0 Å². The Bertz CT molecular complexity index is 548. The zero-order valence-electron chi connectivity index (χ0n) is 12.6. The maximum absolute atomic E-state index is 11.7. The standard InChI is InChI=1S/C14H19N3O5/c1-3-22-11(18)10-7-15-13(16-8-10)17-6-4-5-14(20,9-17)12(19)21-2/h7-8,20H,3-6,9H2,1-2H3. The van der Waals surface area contributed by atoms with E-state index in [0.717, 1.165) is 0 Å². The van der Waals surface area contributed by atoms with Crippen molar-refractivity contribution in [2.45, 2.75) is 25.4 Å². The molecule has 1 saturated heterocycles. The number of anilines is 1. The van der Waals surface area contributed by atoms with Crippen LogP contribution in [0.1, 0.15) is 30.1 Å². The Labute approximate surface area is 128 Å². The number of esters is 2. The Kier molecular flexibility index (Phi) is 4.92. The molecule has 0 saturated carbocycles. The van der Waals surface area contributed by atoms with Gasteiger partial charge in [0.2, 0.25) is 5.95 Å². The minimum atomic E-state index is -1.56. The average Bonchev–Trinajstić information content (AvgIpc) is 2.54. The number of carbonyl (C=O) groups is 2. The van der Waals surface area contributed by atoms with Gasteiger partial charge < -0.3 is 19.5 Å². The Morgan fingerprint density at radius 1 is 1.41 bits per heavy atom. The zero-order chi connectivity index (χ0) is 16.2. The number of aliphatic hydroxyl groups is 1. The molecule has 0 amide bonds. The molecule has 120 valence electrons. The Hall–Kier alpha value is -2.22. The van der Waals surface area contributed by atoms with E-state index in [1.807, 2.05) is 0 Å². The largest absolute Gasteiger partial charge is 0.467 e. The van der Waals surface area contributed by atoms with E-state index in [9.17, 15) is 14.7 Å². The summed E-state index contributed by atoms with van der Waals surface area (Å²) in [6.07, 6.45) is 3.67. The molecule has 1 aromatic heterocycles. The Morgan fingerprint density at radius 2 is 2.09 bits per heavy atom. The van der Waals surface area contributed by atoms with Crippen molar-refractivity contribution in [3.63, 3.8) is 0 Å². The molecule has 8 nitrogen and oxygen atoms in total. The van der Waals surface area contributed by atoms with Crippen LogP contribution < -0.4 is 4.90 Å². The van der Waals surface area contributed by atoms with Gasteiger partial charge in [-0.15, -0.1) is 0 Å². The van der Waals surface area contributed by atoms with Crippen LogP contribution in [0.3, 0.4) is 0 Å². The summed E-state index contributed by atoms with van der Waals surface area (Å²) in [6.45, 7) is 2.66. The third-order valence-corrected chi connectivity index (χ3v) is 3.47. The molecule has 1 fully saturated rings. The smallest absolute Gasteiger partial charge is 0.341 e. The summed E-state index contributed by atoms with van der Waals surface area (Å²) >= 11 is 0. The molecule has 1 aliphatic rings. The molecule has 0 radical (unpaired) electrons. The van der Waals surface area contributed by atoms with Crippen LogP contribution in [0, 0.1) is 0 Å². The predicted octanol–water partition coefficient (Wildman–Crippen LogP) is 0.158. The van der Waals surface area contributed by atoms with E-state index < -0.39 is 17.5 Å². The molecule has 8 heteroatoms. The van der Waals surface area contributed by atoms with Crippen molar-refractivity contribution < 1.29 is 24.2 Å². The minimum absolute atomic E-state index is 0.0540. The van der Waals surface area contributed by atoms with Gasteiger partial charge in [-0.25, -0.2) is 19.6 Å². The van der Waals surface area contributed by atoms with Gasteiger partial charge in [0.15, 0.2) is 5.60 Å². The first kappa shape index (κ1) is 16.2. The van der Waals surface area contributed by atoms with Crippen LogP contribution in [0.15, 0.2) is 12.4 Å². The van der Waals surface area contributed by atoms with Crippen LogP contribution in [0.25, 0.3) is 0 Å². The topological polar surface area (TPSA) is 102 Å². The number of carbonyl (C=O) groups excluding carboxylic acids is 2. The van der Waals surface area contributed by atoms with Gasteiger partial charge >= 0.3 is 11.9 Å². The second kappa shape index (κ2) is 6.69. The summed E-state index contributed by atoms with van der Waals surface area (Å²) < 4.78 is 9.50. The van der Waals surface area contributed by atoms with Crippen LogP contribution in [0.4, 0.5) is 5.95 Å². The summed E-state index contributed by atoms with van der Waals surface area (Å²) in [7, 11) is 1.24. The lowest BCUT2D eigenvalue weighted by atomic mass is 9.93. The lowest BCUT2D eigenvalue weighted by Gasteiger charge is -2.36. The zero-order valence-corrected chi connectivity index (χ0v) is 12.6. The molecule has 0 bridgehead atoms. The van der Waals surface area contributed by atoms with Gasteiger partial charge in [-0.2, -0.15) is 0 Å². The minimum Gasteiger partial charge on any atom is -0.467 e. The number of rotatable bonds is 4. The normalized spacial score (nSPS) is 21.3. The lowest BCUT2D eigenvalue weighted by Crippen LogP contribution is -2.54. The van der Waals surface area contributed by atoms with E-state index in [1.54, 1.807) is 11.8 Å². The Balaban J connectivity index is 2.11. The second-order valence-corrected chi connectivity index (χ2v) is 5.04. The molecule has 0 spiro atoms. The highest BCUT2D eigenvalue weighted by Crippen LogP contribution is 2.25. The van der Waals surface area contributed by atoms with E-state index in [-0.39, 0.29) is 18.7 Å². The van der Waals surface area contributed by atoms with Crippen LogP contribution in [0.5, 0.6) is 0 Å². The number of ether oxygens (including phenoxy) is 2. The molecule has 1 atom stereocenters. The molecule has 1 aliphatic heterocycles. The summed E-state index contributed by atoms with van der Waals surface area (Å²) in [5.41, 5.74) is -1.30. The molecule has 2 rings (SSSR count). The van der Waals surface area contributed by atoms with Crippen molar-refractivity contribution in [3.8, 4) is 0 Å². The molecular formula is C14H19N3O5. The fraction of sp³-hybridized carbons (Fsp3) is 0.571. The summed E-state index contributed by atoms with van der Waals surface area (Å²) in [4.78, 5) is 33.1. The van der Waals surface area contributed by atoms with E-state index in [4.69, 9.17) is 4.74 Å². The summed E-state index contributed by atoms with van der Waals surface area (Å²) in [5.74, 6) is -0.811. The van der Waals surface area contributed by atoms with Crippen molar-refractivity contribution in [2.75, 3.05) is 31.7 Å². The van der Waals surface area contributed by atoms with Crippen molar-refractivity contribution in [1.82, 2.24) is 9.97 Å². The van der Waals surface area contributed by atoms with Gasteiger partial charge in [0.05, 0.1) is 25.8 Å². The van der Waals surface area contributed by atoms with Crippen molar-refractivity contribution >= 4 is 17.9 Å². The van der Waals surface area contributed by atoms with Gasteiger partial charge in [0.1, 0.15) is 0 Å². The van der Waals surface area contributed by atoms with Crippen LogP contribution >= 0.6 is 0 Å². The fourth-order valence-corrected chi connectivity index (χ4v) is 2.37. The van der Waals surface area contributed by atoms with Gasteiger partial charge in [-0.3, -0.25) is 0 Å². The quantitative estimate of drug-likeness (QED) is 0.785. The van der Waals surface area contributed by atoms with Gasteiger partial charge in [0.25, 0.3) is 0 Å². The predicted molar refractivity (Wildman–Crippen MR) is 76.4 cm³/mol. The van der Waals surface area contributed by atoms with E-state index in [0.29, 0.717) is 25.3 Å². The first-order valence-electron chi connectivity index (χ1n) is 7.05. The van der Waals surface area contributed by atoms with Crippen LogP contribution in [-0.2, 0) is 14.3 Å². The summed E-state index contributed by atoms with van der Waals surface area (Å²) in [6, 6.07) is 0. The molecular weight excluding hydrogens is 290 g/mol. The second-order valence-electron chi connectivity index (χ2n) is 5.04. The number of β-amino-alcohol motifs (C(OH)–C–C–N with tert-alkyl or cyclic N) is 1. The average molecular weight is 309 g/mol. The van der Waals surface area contributed by atoms with Gasteiger partial charge in [-0.05, 0) is 19.8 Å². The first-order valence-corrected chi connectivity index (χ1v) is 7.05. The highest BCUT2D eigenvalue weighted by Gasteiger charge is 2.42. The lowest BCUT2D eigenvalue weighted by molar-refractivity contribution is -0.163. The van der Waals surface area contributed by atoms with Crippen molar-refractivity contribution in [2.24, 2.45) is 0 Å². The molecule has 0 aromatic carbocycles.